The Balaban J connectivity index is 1.68. The van der Waals surface area contributed by atoms with Crippen LogP contribution in [0.4, 0.5) is 11.6 Å². The number of benzene rings is 3. The number of ether oxygens (including phenoxy) is 1. The van der Waals surface area contributed by atoms with Gasteiger partial charge in [-0.2, -0.15) is 4.98 Å². The molecule has 0 aliphatic carbocycles. The quantitative estimate of drug-likeness (QED) is 0.318. The van der Waals surface area contributed by atoms with Crippen molar-refractivity contribution in [3.63, 3.8) is 0 Å². The highest BCUT2D eigenvalue weighted by Gasteiger charge is 2.17. The maximum atomic E-state index is 13.0. The van der Waals surface area contributed by atoms with E-state index in [1.807, 2.05) is 55.5 Å². The number of aromatic nitrogens is 2. The van der Waals surface area contributed by atoms with Gasteiger partial charge >= 0.3 is 0 Å². The van der Waals surface area contributed by atoms with Gasteiger partial charge in [-0.05, 0) is 74.2 Å². The normalized spacial score (nSPS) is 12.8. The van der Waals surface area contributed by atoms with Gasteiger partial charge in [0.05, 0.1) is 5.69 Å². The minimum Gasteiger partial charge on any atom is -0.439 e. The molecular weight excluding hydrogens is 432 g/mol. The summed E-state index contributed by atoms with van der Waals surface area (Å²) in [6.07, 6.45) is 0. The van der Waals surface area contributed by atoms with Gasteiger partial charge in [0.15, 0.2) is 0 Å². The number of carbonyl (C=O) groups is 1. The van der Waals surface area contributed by atoms with Crippen LogP contribution in [0.3, 0.4) is 0 Å². The van der Waals surface area contributed by atoms with Crippen LogP contribution in [0.15, 0.2) is 71.6 Å². The second-order valence-corrected chi connectivity index (χ2v) is 8.78. The Morgan fingerprint density at radius 1 is 0.879 bits per heavy atom. The maximum absolute atomic E-state index is 13.0. The third kappa shape index (κ3) is 4.27. The van der Waals surface area contributed by atoms with Gasteiger partial charge in [-0.15, -0.1) is 0 Å². The van der Waals surface area contributed by atoms with Crippen molar-refractivity contribution in [2.45, 2.75) is 25.7 Å². The van der Waals surface area contributed by atoms with E-state index >= 15 is 0 Å². The summed E-state index contributed by atoms with van der Waals surface area (Å²) in [6, 6.07) is 21.1. The predicted octanol–water partition coefficient (Wildman–Crippen LogP) is 6.55. The third-order valence-electron chi connectivity index (χ3n) is 5.54. The molecule has 0 saturated heterocycles. The minimum atomic E-state index is -0.190. The lowest BCUT2D eigenvalue weighted by Gasteiger charge is -2.16. The highest BCUT2D eigenvalue weighted by molar-refractivity contribution is 8.00. The molecule has 7 heteroatoms. The van der Waals surface area contributed by atoms with Crippen molar-refractivity contribution >= 4 is 29.5 Å². The maximum Gasteiger partial charge on any atom is 0.256 e. The van der Waals surface area contributed by atoms with Gasteiger partial charge in [0.2, 0.25) is 11.8 Å². The van der Waals surface area contributed by atoms with E-state index in [2.05, 4.69) is 41.0 Å². The first-order valence-electron chi connectivity index (χ1n) is 10.6. The fraction of sp³-hybridized carbons (Fsp3) is 0.115. The molecule has 5 rings (SSSR count). The Labute approximate surface area is 196 Å². The van der Waals surface area contributed by atoms with Crippen LogP contribution in [-0.2, 0) is 0 Å². The van der Waals surface area contributed by atoms with Gasteiger partial charge in [0.1, 0.15) is 5.75 Å². The molecule has 2 N–H and O–H groups in total. The number of fused-ring (bicyclic) bond motifs is 6. The molecular formula is C26H22N4O2S. The highest BCUT2D eigenvalue weighted by atomic mass is 32.2. The summed E-state index contributed by atoms with van der Waals surface area (Å²) in [4.78, 5) is 23.2. The molecule has 0 radical (unpaired) electrons. The number of nitrogens with one attached hydrogen (secondary N) is 2. The third-order valence-corrected chi connectivity index (χ3v) is 6.31. The Bertz CT molecular complexity index is 1370. The Kier molecular flexibility index (Phi) is 5.48. The summed E-state index contributed by atoms with van der Waals surface area (Å²) in [7, 11) is 0. The number of anilines is 2. The van der Waals surface area contributed by atoms with Crippen LogP contribution >= 0.6 is 11.9 Å². The average Bonchev–Trinajstić information content (AvgIpc) is 2.79. The Morgan fingerprint density at radius 3 is 2.45 bits per heavy atom. The number of amides is 1. The van der Waals surface area contributed by atoms with E-state index < -0.39 is 0 Å². The number of nitrogens with zero attached hydrogens (tertiary/aromatic N) is 2. The number of carbonyl (C=O) groups excluding carboxylic acids is 1. The van der Waals surface area contributed by atoms with Crippen LogP contribution in [0.2, 0.25) is 0 Å². The molecule has 1 aromatic heterocycles. The van der Waals surface area contributed by atoms with Crippen LogP contribution in [0.5, 0.6) is 11.6 Å². The van der Waals surface area contributed by atoms with Crippen LogP contribution in [0.1, 0.15) is 27.0 Å². The average molecular weight is 455 g/mol. The topological polar surface area (TPSA) is 76.1 Å². The molecule has 1 aliphatic rings. The predicted molar refractivity (Wildman–Crippen MR) is 132 cm³/mol. The molecule has 3 aromatic carbocycles. The molecule has 0 spiro atoms. The zero-order chi connectivity index (χ0) is 22.9. The van der Waals surface area contributed by atoms with Crippen LogP contribution in [-0.4, -0.2) is 15.9 Å². The number of aryl methyl sites for hydroxylation is 2. The van der Waals surface area contributed by atoms with E-state index in [-0.39, 0.29) is 5.91 Å². The summed E-state index contributed by atoms with van der Waals surface area (Å²) in [5, 5.41) is 2.97. The first-order chi connectivity index (χ1) is 16.0. The summed E-state index contributed by atoms with van der Waals surface area (Å²) in [5.74, 6) is 1.22. The lowest BCUT2D eigenvalue weighted by atomic mass is 10.00. The van der Waals surface area contributed by atoms with Crippen LogP contribution < -0.4 is 14.8 Å². The summed E-state index contributed by atoms with van der Waals surface area (Å²) in [5.41, 5.74) is 6.05. The molecule has 2 heterocycles. The second-order valence-electron chi connectivity index (χ2n) is 7.90. The van der Waals surface area contributed by atoms with E-state index in [0.717, 1.165) is 32.8 Å². The van der Waals surface area contributed by atoms with E-state index in [9.17, 15) is 4.79 Å². The summed E-state index contributed by atoms with van der Waals surface area (Å²) >= 11 is 1.37. The van der Waals surface area contributed by atoms with Gasteiger partial charge in [-0.3, -0.25) is 9.52 Å². The van der Waals surface area contributed by atoms with Crippen LogP contribution in [0, 0.1) is 20.8 Å². The number of hydrogen-bond acceptors (Lipinski definition) is 6. The SMILES string of the molecule is Cc1cccc(C)c1-c1cc2nc(n1)NSc1cccc(c1)NC(=O)c1cccc(c1C)O2. The smallest absolute Gasteiger partial charge is 0.256 e. The highest BCUT2D eigenvalue weighted by Crippen LogP contribution is 2.33. The lowest BCUT2D eigenvalue weighted by molar-refractivity contribution is 0.102. The van der Waals surface area contributed by atoms with Crippen molar-refractivity contribution in [2.75, 3.05) is 10.0 Å². The van der Waals surface area contributed by atoms with Crippen molar-refractivity contribution in [2.24, 2.45) is 0 Å². The van der Waals surface area contributed by atoms with Crippen molar-refractivity contribution in [1.29, 1.82) is 0 Å². The lowest BCUT2D eigenvalue weighted by Crippen LogP contribution is -2.14. The molecule has 1 amide bonds. The van der Waals surface area contributed by atoms with Gasteiger partial charge in [0.25, 0.3) is 5.91 Å². The standard InChI is InChI=1S/C26H22N4O2S/c1-15-7-4-8-16(2)24(15)21-14-23-29-26(28-21)30-33-19-10-5-9-18(13-19)27-25(31)20-11-6-12-22(32-23)17(20)3/h4-14H,1-3H3,(H,27,31)(H,28,29,30). The largest absolute Gasteiger partial charge is 0.439 e. The van der Waals surface area contributed by atoms with Gasteiger partial charge in [-0.1, -0.05) is 30.3 Å². The van der Waals surface area contributed by atoms with Crippen molar-refractivity contribution in [3.8, 4) is 22.9 Å². The van der Waals surface area contributed by atoms with Gasteiger partial charge in [0, 0.05) is 33.3 Å². The van der Waals surface area contributed by atoms with E-state index in [4.69, 9.17) is 9.72 Å². The minimum absolute atomic E-state index is 0.190. The molecule has 0 saturated carbocycles. The number of hydrogen-bond donors (Lipinski definition) is 2. The second kappa shape index (κ2) is 8.60. The summed E-state index contributed by atoms with van der Waals surface area (Å²) in [6.45, 7) is 6.00. The first-order valence-corrected chi connectivity index (χ1v) is 11.4. The van der Waals surface area contributed by atoms with Crippen molar-refractivity contribution in [3.05, 3.63) is 89.0 Å². The zero-order valence-electron chi connectivity index (χ0n) is 18.5. The Hall–Kier alpha value is -3.84. The molecule has 0 unspecified atom stereocenters. The van der Waals surface area contributed by atoms with Crippen molar-refractivity contribution < 1.29 is 9.53 Å². The zero-order valence-corrected chi connectivity index (χ0v) is 19.3. The molecule has 6 bridgehead atoms. The number of rotatable bonds is 1. The Morgan fingerprint density at radius 2 is 1.64 bits per heavy atom. The van der Waals surface area contributed by atoms with E-state index in [1.165, 1.54) is 11.9 Å². The summed E-state index contributed by atoms with van der Waals surface area (Å²) < 4.78 is 9.43. The molecule has 4 aromatic rings. The first kappa shape index (κ1) is 21.0. The van der Waals surface area contributed by atoms with Gasteiger partial charge < -0.3 is 10.1 Å². The van der Waals surface area contributed by atoms with Crippen LogP contribution in [0.25, 0.3) is 11.3 Å². The monoisotopic (exact) mass is 454 g/mol. The molecule has 0 fully saturated rings. The molecule has 33 heavy (non-hydrogen) atoms. The van der Waals surface area contributed by atoms with Gasteiger partial charge in [-0.25, -0.2) is 4.98 Å². The van der Waals surface area contributed by atoms with Crippen molar-refractivity contribution in [1.82, 2.24) is 9.97 Å². The molecule has 1 aliphatic heterocycles. The van der Waals surface area contributed by atoms with E-state index in [1.54, 1.807) is 6.07 Å². The molecule has 164 valence electrons. The fourth-order valence-corrected chi connectivity index (χ4v) is 4.53. The molecule has 0 atom stereocenters. The fourth-order valence-electron chi connectivity index (χ4n) is 3.89. The molecule has 6 nitrogen and oxygen atoms in total. The van der Waals surface area contributed by atoms with E-state index in [0.29, 0.717) is 28.8 Å².